The lowest BCUT2D eigenvalue weighted by molar-refractivity contribution is -0.147. The van der Waals surface area contributed by atoms with E-state index < -0.39 is 0 Å². The Labute approximate surface area is 118 Å². The van der Waals surface area contributed by atoms with Crippen LogP contribution in [0.4, 0.5) is 0 Å². The number of hydrogen-bond donors (Lipinski definition) is 0. The summed E-state index contributed by atoms with van der Waals surface area (Å²) in [5, 5.41) is 0. The van der Waals surface area contributed by atoms with Crippen molar-refractivity contribution in [2.24, 2.45) is 23.7 Å². The summed E-state index contributed by atoms with van der Waals surface area (Å²) in [4.78, 5) is 11.5. The normalized spacial score (nSPS) is 35.9. The number of rotatable bonds is 4. The molecule has 0 unspecified atom stereocenters. The van der Waals surface area contributed by atoms with Crippen molar-refractivity contribution in [3.05, 3.63) is 0 Å². The molecule has 2 rings (SSSR count). The molecule has 2 fully saturated rings. The van der Waals surface area contributed by atoms with Crippen LogP contribution in [0.2, 0.25) is 0 Å². The van der Waals surface area contributed by atoms with Gasteiger partial charge in [-0.15, -0.1) is 0 Å². The van der Waals surface area contributed by atoms with E-state index in [0.29, 0.717) is 0 Å². The lowest BCUT2D eigenvalue weighted by Crippen LogP contribution is -2.28. The molecular weight excluding hydrogens is 236 g/mol. The van der Waals surface area contributed by atoms with Gasteiger partial charge in [0.1, 0.15) is 0 Å². The van der Waals surface area contributed by atoms with Crippen LogP contribution in [0.3, 0.4) is 0 Å². The van der Waals surface area contributed by atoms with Crippen molar-refractivity contribution >= 4 is 5.97 Å². The van der Waals surface area contributed by atoms with Gasteiger partial charge >= 0.3 is 5.97 Å². The molecule has 0 atom stereocenters. The number of carbonyl (C=O) groups is 1. The maximum atomic E-state index is 11.5. The van der Waals surface area contributed by atoms with Crippen molar-refractivity contribution in [1.29, 1.82) is 0 Å². The van der Waals surface area contributed by atoms with Crippen LogP contribution in [0, 0.1) is 23.7 Å². The maximum absolute atomic E-state index is 11.5. The van der Waals surface area contributed by atoms with E-state index in [4.69, 9.17) is 4.74 Å². The smallest absolute Gasteiger partial charge is 0.308 e. The van der Waals surface area contributed by atoms with Crippen LogP contribution in [0.25, 0.3) is 0 Å². The van der Waals surface area contributed by atoms with Crippen LogP contribution >= 0.6 is 0 Å². The Hall–Kier alpha value is -0.530. The molecule has 0 radical (unpaired) electrons. The summed E-state index contributed by atoms with van der Waals surface area (Å²) in [7, 11) is 1.52. The third kappa shape index (κ3) is 3.97. The zero-order valence-corrected chi connectivity index (χ0v) is 12.7. The van der Waals surface area contributed by atoms with Crippen molar-refractivity contribution in [2.75, 3.05) is 7.11 Å². The molecule has 0 saturated heterocycles. The number of ether oxygens (including phenoxy) is 1. The van der Waals surface area contributed by atoms with Crippen LogP contribution in [0.1, 0.15) is 71.1 Å². The molecule has 0 heterocycles. The zero-order valence-electron chi connectivity index (χ0n) is 12.7. The van der Waals surface area contributed by atoms with E-state index in [1.165, 1.54) is 58.5 Å². The highest BCUT2D eigenvalue weighted by atomic mass is 16.5. The third-order valence-electron chi connectivity index (χ3n) is 5.56. The Balaban J connectivity index is 1.72. The van der Waals surface area contributed by atoms with Crippen molar-refractivity contribution in [3.63, 3.8) is 0 Å². The van der Waals surface area contributed by atoms with Gasteiger partial charge in [0.15, 0.2) is 0 Å². The van der Waals surface area contributed by atoms with Gasteiger partial charge in [-0.05, 0) is 56.3 Å². The van der Waals surface area contributed by atoms with Crippen molar-refractivity contribution in [1.82, 2.24) is 0 Å². The van der Waals surface area contributed by atoms with Crippen molar-refractivity contribution < 1.29 is 9.53 Å². The van der Waals surface area contributed by atoms with Crippen LogP contribution in [-0.4, -0.2) is 13.1 Å². The van der Waals surface area contributed by atoms with Crippen LogP contribution < -0.4 is 0 Å². The number of carbonyl (C=O) groups excluding carboxylic acids is 1. The first kappa shape index (κ1) is 14.9. The molecular formula is C17H30O2. The number of hydrogen-bond acceptors (Lipinski definition) is 2. The van der Waals surface area contributed by atoms with Gasteiger partial charge < -0.3 is 4.74 Å². The molecule has 19 heavy (non-hydrogen) atoms. The first-order chi connectivity index (χ1) is 9.24. The van der Waals surface area contributed by atoms with E-state index in [1.54, 1.807) is 0 Å². The van der Waals surface area contributed by atoms with Gasteiger partial charge in [-0.2, -0.15) is 0 Å². The summed E-state index contributed by atoms with van der Waals surface area (Å²) in [6.45, 7) is 2.31. The quantitative estimate of drug-likeness (QED) is 0.697. The lowest BCUT2D eigenvalue weighted by Gasteiger charge is -2.37. The standard InChI is InChI=1S/C17H30O2/c1-3-4-13-5-7-14(8-6-13)15-9-11-16(12-10-15)17(18)19-2/h13-16H,3-12H2,1-2H3/t13-,14-,15?,16?. The van der Waals surface area contributed by atoms with Crippen molar-refractivity contribution in [3.8, 4) is 0 Å². The Morgan fingerprint density at radius 1 is 0.947 bits per heavy atom. The molecule has 0 aliphatic heterocycles. The summed E-state index contributed by atoms with van der Waals surface area (Å²) in [5.74, 6) is 3.06. The van der Waals surface area contributed by atoms with Gasteiger partial charge in [0.2, 0.25) is 0 Å². The summed E-state index contributed by atoms with van der Waals surface area (Å²) in [6, 6.07) is 0. The SMILES string of the molecule is CCC[C@H]1CC[C@H](C2CCC(C(=O)OC)CC2)CC1. The van der Waals surface area contributed by atoms with Gasteiger partial charge in [-0.3, -0.25) is 4.79 Å². The summed E-state index contributed by atoms with van der Waals surface area (Å²) >= 11 is 0. The second-order valence-corrected chi connectivity index (χ2v) is 6.70. The second-order valence-electron chi connectivity index (χ2n) is 6.70. The number of esters is 1. The van der Waals surface area contributed by atoms with Crippen LogP contribution in [-0.2, 0) is 9.53 Å². The van der Waals surface area contributed by atoms with E-state index in [-0.39, 0.29) is 11.9 Å². The highest BCUT2D eigenvalue weighted by Gasteiger charge is 2.32. The van der Waals surface area contributed by atoms with Gasteiger partial charge in [-0.1, -0.05) is 32.6 Å². The lowest BCUT2D eigenvalue weighted by atomic mass is 9.69. The van der Waals surface area contributed by atoms with Gasteiger partial charge in [0, 0.05) is 0 Å². The number of methoxy groups -OCH3 is 1. The zero-order chi connectivity index (χ0) is 13.7. The minimum Gasteiger partial charge on any atom is -0.469 e. The maximum Gasteiger partial charge on any atom is 0.308 e. The monoisotopic (exact) mass is 266 g/mol. The first-order valence-corrected chi connectivity index (χ1v) is 8.32. The first-order valence-electron chi connectivity index (χ1n) is 8.32. The summed E-state index contributed by atoms with van der Waals surface area (Å²) in [5.41, 5.74) is 0. The van der Waals surface area contributed by atoms with Gasteiger partial charge in [-0.25, -0.2) is 0 Å². The predicted molar refractivity (Wildman–Crippen MR) is 77.8 cm³/mol. The Morgan fingerprint density at radius 3 is 1.95 bits per heavy atom. The summed E-state index contributed by atoms with van der Waals surface area (Å²) in [6.07, 6.45) is 13.2. The van der Waals surface area contributed by atoms with Crippen molar-refractivity contribution in [2.45, 2.75) is 71.1 Å². The molecule has 0 aromatic carbocycles. The highest BCUT2D eigenvalue weighted by molar-refractivity contribution is 5.72. The van der Waals surface area contributed by atoms with Crippen LogP contribution in [0.5, 0.6) is 0 Å². The predicted octanol–water partition coefficient (Wildman–Crippen LogP) is 4.57. The summed E-state index contributed by atoms with van der Waals surface area (Å²) < 4.78 is 4.87. The Bertz CT molecular complexity index is 271. The van der Waals surface area contributed by atoms with E-state index in [2.05, 4.69) is 6.92 Å². The van der Waals surface area contributed by atoms with Gasteiger partial charge in [0.05, 0.1) is 13.0 Å². The minimum absolute atomic E-state index is 0.0186. The van der Waals surface area contributed by atoms with E-state index in [0.717, 1.165) is 30.6 Å². The molecule has 2 aliphatic carbocycles. The minimum atomic E-state index is 0.0186. The molecule has 0 bridgehead atoms. The Kier molecular flexibility index (Phi) is 5.72. The average Bonchev–Trinajstić information content (AvgIpc) is 2.48. The average molecular weight is 266 g/mol. The molecule has 0 aromatic rings. The second kappa shape index (κ2) is 7.31. The molecule has 2 saturated carbocycles. The highest BCUT2D eigenvalue weighted by Crippen LogP contribution is 2.42. The molecule has 0 aromatic heterocycles. The topological polar surface area (TPSA) is 26.3 Å². The third-order valence-corrected chi connectivity index (χ3v) is 5.56. The fourth-order valence-corrected chi connectivity index (χ4v) is 4.35. The fraction of sp³-hybridized carbons (Fsp3) is 0.941. The van der Waals surface area contributed by atoms with E-state index in [1.807, 2.05) is 0 Å². The Morgan fingerprint density at radius 2 is 1.47 bits per heavy atom. The largest absolute Gasteiger partial charge is 0.469 e. The molecule has 0 spiro atoms. The molecule has 0 N–H and O–H groups in total. The van der Waals surface area contributed by atoms with Gasteiger partial charge in [0.25, 0.3) is 0 Å². The van der Waals surface area contributed by atoms with E-state index in [9.17, 15) is 4.79 Å². The van der Waals surface area contributed by atoms with Crippen LogP contribution in [0.15, 0.2) is 0 Å². The van der Waals surface area contributed by atoms with E-state index >= 15 is 0 Å². The molecule has 110 valence electrons. The molecule has 2 heteroatoms. The molecule has 2 nitrogen and oxygen atoms in total. The molecule has 2 aliphatic rings. The fourth-order valence-electron chi connectivity index (χ4n) is 4.35. The molecule has 0 amide bonds.